The van der Waals surface area contributed by atoms with Crippen molar-refractivity contribution in [1.29, 1.82) is 0 Å². The number of carbonyl (C=O) groups is 2. The van der Waals surface area contributed by atoms with Crippen molar-refractivity contribution in [3.8, 4) is 0 Å². The van der Waals surface area contributed by atoms with Crippen LogP contribution in [0.3, 0.4) is 0 Å². The predicted octanol–water partition coefficient (Wildman–Crippen LogP) is 2.36. The van der Waals surface area contributed by atoms with Gasteiger partial charge in [0.1, 0.15) is 11.9 Å². The van der Waals surface area contributed by atoms with Gasteiger partial charge in [0.25, 0.3) is 5.91 Å². The van der Waals surface area contributed by atoms with Crippen LogP contribution in [0, 0.1) is 18.2 Å². The van der Waals surface area contributed by atoms with Crippen molar-refractivity contribution in [3.63, 3.8) is 0 Å². The minimum absolute atomic E-state index is 0.119. The molecule has 0 aliphatic rings. The Bertz CT molecular complexity index is 486. The van der Waals surface area contributed by atoms with E-state index in [0.717, 1.165) is 6.07 Å². The molecule has 0 bridgehead atoms. The number of carboxylic acid groups (broad SMARTS) is 1. The van der Waals surface area contributed by atoms with E-state index in [1.54, 1.807) is 27.7 Å². The highest BCUT2D eigenvalue weighted by atomic mass is 19.1. The lowest BCUT2D eigenvalue weighted by Crippen LogP contribution is -2.49. The molecule has 2 N–H and O–H groups in total. The SMILES string of the molecule is Cc1cc(F)cc(C(=O)N[C@H](C(=O)O)C(C)(C)C)c1. The number of amides is 1. The fourth-order valence-corrected chi connectivity index (χ4v) is 1.73. The van der Waals surface area contributed by atoms with E-state index >= 15 is 0 Å². The van der Waals surface area contributed by atoms with Gasteiger partial charge in [-0.25, -0.2) is 9.18 Å². The van der Waals surface area contributed by atoms with Crippen LogP contribution in [-0.4, -0.2) is 23.0 Å². The van der Waals surface area contributed by atoms with Gasteiger partial charge in [-0.2, -0.15) is 0 Å². The molecule has 5 heteroatoms. The fourth-order valence-electron chi connectivity index (χ4n) is 1.73. The Morgan fingerprint density at radius 1 is 1.26 bits per heavy atom. The summed E-state index contributed by atoms with van der Waals surface area (Å²) in [4.78, 5) is 23.1. The van der Waals surface area contributed by atoms with Gasteiger partial charge in [0.05, 0.1) is 0 Å². The van der Waals surface area contributed by atoms with Gasteiger partial charge in [-0.05, 0) is 36.1 Å². The molecule has 0 spiro atoms. The maximum absolute atomic E-state index is 13.2. The Hall–Kier alpha value is -1.91. The van der Waals surface area contributed by atoms with Gasteiger partial charge in [0, 0.05) is 5.56 Å². The van der Waals surface area contributed by atoms with Crippen molar-refractivity contribution in [2.45, 2.75) is 33.7 Å². The van der Waals surface area contributed by atoms with E-state index in [-0.39, 0.29) is 5.56 Å². The van der Waals surface area contributed by atoms with Gasteiger partial charge in [0.15, 0.2) is 0 Å². The van der Waals surface area contributed by atoms with Gasteiger partial charge in [-0.3, -0.25) is 4.79 Å². The molecule has 0 radical (unpaired) electrons. The highest BCUT2D eigenvalue weighted by molar-refractivity contribution is 5.96. The molecular formula is C14H18FNO3. The number of halogens is 1. The summed E-state index contributed by atoms with van der Waals surface area (Å²) in [6.45, 7) is 6.80. The van der Waals surface area contributed by atoms with Gasteiger partial charge < -0.3 is 10.4 Å². The van der Waals surface area contributed by atoms with Gasteiger partial charge in [0.2, 0.25) is 0 Å². The van der Waals surface area contributed by atoms with E-state index < -0.39 is 29.2 Å². The third kappa shape index (κ3) is 4.05. The van der Waals surface area contributed by atoms with Crippen LogP contribution in [0.15, 0.2) is 18.2 Å². The molecule has 0 unspecified atom stereocenters. The molecule has 4 nitrogen and oxygen atoms in total. The van der Waals surface area contributed by atoms with E-state index in [9.17, 15) is 14.0 Å². The van der Waals surface area contributed by atoms with Crippen molar-refractivity contribution < 1.29 is 19.1 Å². The third-order valence-electron chi connectivity index (χ3n) is 2.69. The first-order valence-corrected chi connectivity index (χ1v) is 5.92. The Labute approximate surface area is 111 Å². The molecule has 104 valence electrons. The molecule has 0 saturated carbocycles. The van der Waals surface area contributed by atoms with Crippen molar-refractivity contribution in [2.24, 2.45) is 5.41 Å². The van der Waals surface area contributed by atoms with Gasteiger partial charge in [-0.1, -0.05) is 20.8 Å². The van der Waals surface area contributed by atoms with Gasteiger partial charge >= 0.3 is 5.97 Å². The van der Waals surface area contributed by atoms with Crippen molar-refractivity contribution >= 4 is 11.9 Å². The molecule has 1 atom stereocenters. The minimum atomic E-state index is -1.12. The summed E-state index contributed by atoms with van der Waals surface area (Å²) in [7, 11) is 0. The zero-order valence-electron chi connectivity index (χ0n) is 11.5. The molecule has 1 aromatic rings. The quantitative estimate of drug-likeness (QED) is 0.883. The lowest BCUT2D eigenvalue weighted by atomic mass is 9.86. The summed E-state index contributed by atoms with van der Waals surface area (Å²) < 4.78 is 13.2. The van der Waals surface area contributed by atoms with Crippen molar-refractivity contribution in [2.75, 3.05) is 0 Å². The van der Waals surface area contributed by atoms with Gasteiger partial charge in [-0.15, -0.1) is 0 Å². The lowest BCUT2D eigenvalue weighted by Gasteiger charge is -2.27. The summed E-state index contributed by atoms with van der Waals surface area (Å²) in [6, 6.07) is 2.86. The molecular weight excluding hydrogens is 249 g/mol. The Morgan fingerprint density at radius 2 is 1.84 bits per heavy atom. The zero-order valence-corrected chi connectivity index (χ0v) is 11.5. The highest BCUT2D eigenvalue weighted by Crippen LogP contribution is 2.20. The topological polar surface area (TPSA) is 66.4 Å². The van der Waals surface area contributed by atoms with Crippen molar-refractivity contribution in [3.05, 3.63) is 35.1 Å². The minimum Gasteiger partial charge on any atom is -0.480 e. The first-order valence-electron chi connectivity index (χ1n) is 5.92. The van der Waals surface area contributed by atoms with E-state index in [1.165, 1.54) is 12.1 Å². The largest absolute Gasteiger partial charge is 0.480 e. The molecule has 0 heterocycles. The number of carbonyl (C=O) groups excluding carboxylic acids is 1. The average molecular weight is 267 g/mol. The zero-order chi connectivity index (χ0) is 14.8. The summed E-state index contributed by atoms with van der Waals surface area (Å²) >= 11 is 0. The second-order valence-corrected chi connectivity index (χ2v) is 5.63. The van der Waals surface area contributed by atoms with Crippen LogP contribution in [0.5, 0.6) is 0 Å². The number of aryl methyl sites for hydroxylation is 1. The number of hydrogen-bond donors (Lipinski definition) is 2. The summed E-state index contributed by atoms with van der Waals surface area (Å²) in [5, 5.41) is 11.5. The van der Waals surface area contributed by atoms with Crippen molar-refractivity contribution in [1.82, 2.24) is 5.32 Å². The smallest absolute Gasteiger partial charge is 0.326 e. The molecule has 0 fully saturated rings. The number of benzene rings is 1. The maximum Gasteiger partial charge on any atom is 0.326 e. The number of carboxylic acids is 1. The van der Waals surface area contributed by atoms with Crippen LogP contribution < -0.4 is 5.32 Å². The van der Waals surface area contributed by atoms with Crippen LogP contribution in [0.25, 0.3) is 0 Å². The first-order chi connectivity index (χ1) is 8.61. The normalized spacial score (nSPS) is 12.9. The summed E-state index contributed by atoms with van der Waals surface area (Å²) in [5.74, 6) is -2.23. The molecule has 0 aromatic heterocycles. The second kappa shape index (κ2) is 5.38. The fraction of sp³-hybridized carbons (Fsp3) is 0.429. The molecule has 0 aliphatic carbocycles. The standard InChI is InChI=1S/C14H18FNO3/c1-8-5-9(7-10(15)6-8)12(17)16-11(13(18)19)14(2,3)4/h5-7,11H,1-4H3,(H,16,17)(H,18,19)/t11-/m1/s1. The molecule has 1 rings (SSSR count). The number of hydrogen-bond acceptors (Lipinski definition) is 2. The van der Waals surface area contributed by atoms with Crippen LogP contribution >= 0.6 is 0 Å². The van der Waals surface area contributed by atoms with E-state index in [2.05, 4.69) is 5.32 Å². The Kier molecular flexibility index (Phi) is 4.29. The Balaban J connectivity index is 2.97. The molecule has 0 saturated heterocycles. The molecule has 19 heavy (non-hydrogen) atoms. The monoisotopic (exact) mass is 267 g/mol. The van der Waals surface area contributed by atoms with E-state index in [4.69, 9.17) is 5.11 Å². The van der Waals surface area contributed by atoms with Crippen LogP contribution in [0.4, 0.5) is 4.39 Å². The van der Waals surface area contributed by atoms with E-state index in [1.807, 2.05) is 0 Å². The Morgan fingerprint density at radius 3 is 2.26 bits per heavy atom. The number of nitrogens with one attached hydrogen (secondary N) is 1. The predicted molar refractivity (Wildman–Crippen MR) is 69.5 cm³/mol. The molecule has 1 aromatic carbocycles. The van der Waals surface area contributed by atoms with Crippen LogP contribution in [0.2, 0.25) is 0 Å². The summed E-state index contributed by atoms with van der Waals surface area (Å²) in [6.07, 6.45) is 0. The summed E-state index contributed by atoms with van der Waals surface area (Å²) in [5.41, 5.74) is 0.0879. The molecule has 1 amide bonds. The average Bonchev–Trinajstić information content (AvgIpc) is 2.21. The first kappa shape index (κ1) is 15.1. The van der Waals surface area contributed by atoms with Crippen LogP contribution in [0.1, 0.15) is 36.7 Å². The number of aliphatic carboxylic acids is 1. The highest BCUT2D eigenvalue weighted by Gasteiger charge is 2.32. The van der Waals surface area contributed by atoms with Crippen LogP contribution in [-0.2, 0) is 4.79 Å². The maximum atomic E-state index is 13.2. The number of rotatable bonds is 3. The second-order valence-electron chi connectivity index (χ2n) is 5.63. The van der Waals surface area contributed by atoms with E-state index in [0.29, 0.717) is 5.56 Å². The molecule has 0 aliphatic heterocycles. The lowest BCUT2D eigenvalue weighted by molar-refractivity contribution is -0.142. The third-order valence-corrected chi connectivity index (χ3v) is 2.69.